The van der Waals surface area contributed by atoms with Gasteiger partial charge in [0.1, 0.15) is 0 Å². The van der Waals surface area contributed by atoms with E-state index in [9.17, 15) is 0 Å². The average Bonchev–Trinajstić information content (AvgIpc) is 2.36. The van der Waals surface area contributed by atoms with Gasteiger partial charge in [-0.15, -0.1) is 10.2 Å². The molecule has 1 saturated heterocycles. The highest BCUT2D eigenvalue weighted by atomic mass is 35.5. The molecule has 1 aromatic rings. The molecule has 0 amide bonds. The quantitative estimate of drug-likeness (QED) is 0.824. The summed E-state index contributed by atoms with van der Waals surface area (Å²) in [4.78, 5) is 4.80. The molecule has 2 heterocycles. The molecule has 100 valence electrons. The van der Waals surface area contributed by atoms with Gasteiger partial charge in [0.25, 0.3) is 0 Å². The van der Waals surface area contributed by atoms with Gasteiger partial charge >= 0.3 is 0 Å². The number of hydrogen-bond acceptors (Lipinski definition) is 4. The Bertz CT molecular complexity index is 425. The lowest BCUT2D eigenvalue weighted by atomic mass is 10.1. The van der Waals surface area contributed by atoms with E-state index >= 15 is 0 Å². The predicted octanol–water partition coefficient (Wildman–Crippen LogP) is 2.28. The maximum absolute atomic E-state index is 5.99. The number of piperazine rings is 1. The molecule has 0 unspecified atom stereocenters. The highest BCUT2D eigenvalue weighted by molar-refractivity contribution is 6.30. The third kappa shape index (κ3) is 2.59. The second-order valence-corrected chi connectivity index (χ2v) is 5.54. The van der Waals surface area contributed by atoms with Crippen molar-refractivity contribution in [3.05, 3.63) is 16.3 Å². The third-order valence-electron chi connectivity index (χ3n) is 3.78. The molecule has 18 heavy (non-hydrogen) atoms. The molecule has 1 aliphatic heterocycles. The highest BCUT2D eigenvalue weighted by Gasteiger charge is 2.22. The van der Waals surface area contributed by atoms with Gasteiger partial charge in [-0.2, -0.15) is 0 Å². The Balaban J connectivity index is 2.13. The van der Waals surface area contributed by atoms with Crippen molar-refractivity contribution < 1.29 is 0 Å². The fourth-order valence-corrected chi connectivity index (χ4v) is 2.49. The van der Waals surface area contributed by atoms with Gasteiger partial charge in [0.15, 0.2) is 11.0 Å². The van der Waals surface area contributed by atoms with Crippen LogP contribution in [-0.4, -0.2) is 47.3 Å². The Hall–Kier alpha value is -0.870. The molecular weight excluding hydrogens is 248 g/mol. The van der Waals surface area contributed by atoms with Crippen molar-refractivity contribution in [3.63, 3.8) is 0 Å². The zero-order valence-corrected chi connectivity index (χ0v) is 12.3. The fourth-order valence-electron chi connectivity index (χ4n) is 2.31. The van der Waals surface area contributed by atoms with Crippen LogP contribution < -0.4 is 4.90 Å². The summed E-state index contributed by atoms with van der Waals surface area (Å²) in [6.07, 6.45) is 0. The Morgan fingerprint density at radius 2 is 1.61 bits per heavy atom. The predicted molar refractivity (Wildman–Crippen MR) is 75.4 cm³/mol. The number of rotatable bonds is 2. The van der Waals surface area contributed by atoms with Gasteiger partial charge in [-0.1, -0.05) is 11.6 Å². The molecule has 1 aliphatic rings. The van der Waals surface area contributed by atoms with E-state index in [-0.39, 0.29) is 0 Å². The van der Waals surface area contributed by atoms with Crippen molar-refractivity contribution in [2.75, 3.05) is 31.1 Å². The first-order valence-corrected chi connectivity index (χ1v) is 6.87. The van der Waals surface area contributed by atoms with Crippen molar-refractivity contribution in [2.45, 2.75) is 33.7 Å². The molecule has 0 aromatic carbocycles. The first-order valence-electron chi connectivity index (χ1n) is 6.49. The van der Waals surface area contributed by atoms with Crippen LogP contribution in [0.15, 0.2) is 0 Å². The fraction of sp³-hybridized carbons (Fsp3) is 0.692. The summed E-state index contributed by atoms with van der Waals surface area (Å²) in [5.74, 6) is 0.986. The Kier molecular flexibility index (Phi) is 4.07. The monoisotopic (exact) mass is 268 g/mol. The summed E-state index contributed by atoms with van der Waals surface area (Å²) in [5, 5.41) is 8.80. The second kappa shape index (κ2) is 5.41. The van der Waals surface area contributed by atoms with Crippen LogP contribution in [-0.2, 0) is 0 Å². The molecule has 5 heteroatoms. The van der Waals surface area contributed by atoms with Gasteiger partial charge in [-0.3, -0.25) is 4.90 Å². The molecule has 0 N–H and O–H groups in total. The number of halogens is 1. The maximum atomic E-state index is 5.99. The van der Waals surface area contributed by atoms with Gasteiger partial charge < -0.3 is 4.90 Å². The molecule has 0 atom stereocenters. The summed E-state index contributed by atoms with van der Waals surface area (Å²) in [5.41, 5.74) is 2.18. The number of hydrogen-bond donors (Lipinski definition) is 0. The smallest absolute Gasteiger partial charge is 0.155 e. The van der Waals surface area contributed by atoms with Crippen molar-refractivity contribution in [1.29, 1.82) is 0 Å². The second-order valence-electron chi connectivity index (χ2n) is 5.18. The Labute approximate surface area is 114 Å². The summed E-state index contributed by atoms with van der Waals surface area (Å²) in [7, 11) is 0. The molecule has 1 aromatic heterocycles. The summed E-state index contributed by atoms with van der Waals surface area (Å²) in [6, 6.07) is 0.617. The zero-order valence-electron chi connectivity index (χ0n) is 11.6. The van der Waals surface area contributed by atoms with Gasteiger partial charge in [0, 0.05) is 32.2 Å². The molecule has 0 radical (unpaired) electrons. The molecule has 1 fully saturated rings. The highest BCUT2D eigenvalue weighted by Crippen LogP contribution is 2.24. The first-order chi connectivity index (χ1) is 8.50. The molecule has 0 aliphatic carbocycles. The SMILES string of the molecule is Cc1c(Cl)nnc(N2CCN(C(C)C)CC2)c1C. The van der Waals surface area contributed by atoms with E-state index in [0.29, 0.717) is 11.2 Å². The van der Waals surface area contributed by atoms with Crippen molar-refractivity contribution in [3.8, 4) is 0 Å². The molecule has 2 rings (SSSR count). The average molecular weight is 269 g/mol. The van der Waals surface area contributed by atoms with E-state index in [1.54, 1.807) is 0 Å². The lowest BCUT2D eigenvalue weighted by Crippen LogP contribution is -2.49. The standard InChI is InChI=1S/C13H21ClN4/c1-9(2)17-5-7-18(8-6-17)13-11(4)10(3)12(14)15-16-13/h9H,5-8H2,1-4H3. The minimum absolute atomic E-state index is 0.511. The van der Waals surface area contributed by atoms with Crippen LogP contribution >= 0.6 is 11.6 Å². The van der Waals surface area contributed by atoms with E-state index in [1.165, 1.54) is 0 Å². The molecule has 4 nitrogen and oxygen atoms in total. The Morgan fingerprint density at radius 3 is 2.17 bits per heavy atom. The first kappa shape index (κ1) is 13.6. The summed E-state index contributed by atoms with van der Waals surface area (Å²) < 4.78 is 0. The lowest BCUT2D eigenvalue weighted by molar-refractivity contribution is 0.209. The van der Waals surface area contributed by atoms with Crippen LogP contribution in [0.25, 0.3) is 0 Å². The van der Waals surface area contributed by atoms with E-state index in [0.717, 1.165) is 43.1 Å². The van der Waals surface area contributed by atoms with Crippen LogP contribution in [0, 0.1) is 13.8 Å². The summed E-state index contributed by atoms with van der Waals surface area (Å²) >= 11 is 5.99. The molecule has 0 saturated carbocycles. The van der Waals surface area contributed by atoms with E-state index in [1.807, 2.05) is 6.92 Å². The number of aromatic nitrogens is 2. The minimum Gasteiger partial charge on any atom is -0.352 e. The molecule has 0 spiro atoms. The largest absolute Gasteiger partial charge is 0.352 e. The maximum Gasteiger partial charge on any atom is 0.155 e. The van der Waals surface area contributed by atoms with Crippen molar-refractivity contribution in [1.82, 2.24) is 15.1 Å². The van der Waals surface area contributed by atoms with Gasteiger partial charge in [0.05, 0.1) is 0 Å². The van der Waals surface area contributed by atoms with Gasteiger partial charge in [-0.25, -0.2) is 0 Å². The van der Waals surface area contributed by atoms with Crippen molar-refractivity contribution >= 4 is 17.4 Å². The van der Waals surface area contributed by atoms with Gasteiger partial charge in [-0.05, 0) is 38.8 Å². The van der Waals surface area contributed by atoms with Gasteiger partial charge in [0.2, 0.25) is 0 Å². The Morgan fingerprint density at radius 1 is 1.00 bits per heavy atom. The van der Waals surface area contributed by atoms with E-state index in [4.69, 9.17) is 11.6 Å². The van der Waals surface area contributed by atoms with E-state index in [2.05, 4.69) is 40.8 Å². The minimum atomic E-state index is 0.511. The lowest BCUT2D eigenvalue weighted by Gasteiger charge is -2.37. The molecular formula is C13H21ClN4. The van der Waals surface area contributed by atoms with E-state index < -0.39 is 0 Å². The zero-order chi connectivity index (χ0) is 13.3. The topological polar surface area (TPSA) is 32.3 Å². The van der Waals surface area contributed by atoms with Crippen LogP contribution in [0.2, 0.25) is 5.15 Å². The normalized spacial score (nSPS) is 17.6. The third-order valence-corrected chi connectivity index (χ3v) is 4.14. The van der Waals surface area contributed by atoms with Crippen LogP contribution in [0.3, 0.4) is 0 Å². The van der Waals surface area contributed by atoms with Crippen LogP contribution in [0.1, 0.15) is 25.0 Å². The number of anilines is 1. The van der Waals surface area contributed by atoms with Crippen molar-refractivity contribution in [2.24, 2.45) is 0 Å². The van der Waals surface area contributed by atoms with Crippen LogP contribution in [0.4, 0.5) is 5.82 Å². The van der Waals surface area contributed by atoms with Crippen LogP contribution in [0.5, 0.6) is 0 Å². The summed E-state index contributed by atoms with van der Waals surface area (Å²) in [6.45, 7) is 12.7. The molecule has 0 bridgehead atoms. The number of nitrogens with zero attached hydrogens (tertiary/aromatic N) is 4.